The van der Waals surface area contributed by atoms with Gasteiger partial charge in [0, 0.05) is 28.0 Å². The normalized spacial score (nSPS) is 25.9. The molecule has 1 aromatic heterocycles. The van der Waals surface area contributed by atoms with Crippen LogP contribution in [0.25, 0.3) is 0 Å². The first-order valence-electron chi connectivity index (χ1n) is 6.26. The second-order valence-electron chi connectivity index (χ2n) is 5.17. The van der Waals surface area contributed by atoms with E-state index >= 15 is 0 Å². The number of nitrogens with one attached hydrogen (secondary N) is 1. The number of nitrogens with zero attached hydrogens (tertiary/aromatic N) is 1. The molecule has 1 N–H and O–H groups in total. The van der Waals surface area contributed by atoms with Gasteiger partial charge in [0.1, 0.15) is 0 Å². The Morgan fingerprint density at radius 3 is 2.94 bits per heavy atom. The van der Waals surface area contributed by atoms with Crippen molar-refractivity contribution >= 4 is 27.3 Å². The molecule has 2 rings (SSSR count). The molecule has 0 spiro atoms. The van der Waals surface area contributed by atoms with Crippen LogP contribution in [0.1, 0.15) is 31.2 Å². The Morgan fingerprint density at radius 1 is 1.59 bits per heavy atom. The molecule has 2 atom stereocenters. The first kappa shape index (κ1) is 13.5. The zero-order valence-corrected chi connectivity index (χ0v) is 13.1. The van der Waals surface area contributed by atoms with Crippen LogP contribution in [-0.4, -0.2) is 31.1 Å². The van der Waals surface area contributed by atoms with Gasteiger partial charge in [-0.1, -0.05) is 13.8 Å². The molecule has 0 bridgehead atoms. The summed E-state index contributed by atoms with van der Waals surface area (Å²) in [7, 11) is 2.24. The topological polar surface area (TPSA) is 15.3 Å². The van der Waals surface area contributed by atoms with Gasteiger partial charge < -0.3 is 5.32 Å². The van der Waals surface area contributed by atoms with Gasteiger partial charge in [0.2, 0.25) is 0 Å². The van der Waals surface area contributed by atoms with E-state index in [0.29, 0.717) is 12.1 Å². The van der Waals surface area contributed by atoms with Gasteiger partial charge in [-0.25, -0.2) is 0 Å². The highest BCUT2D eigenvalue weighted by atomic mass is 79.9. The van der Waals surface area contributed by atoms with Gasteiger partial charge >= 0.3 is 0 Å². The molecule has 1 aliphatic rings. The summed E-state index contributed by atoms with van der Waals surface area (Å²) in [6.45, 7) is 6.76. The van der Waals surface area contributed by atoms with Gasteiger partial charge in [0.05, 0.1) is 0 Å². The van der Waals surface area contributed by atoms with Crippen molar-refractivity contribution in [2.45, 2.75) is 32.4 Å². The van der Waals surface area contributed by atoms with E-state index in [0.717, 1.165) is 12.5 Å². The lowest BCUT2D eigenvalue weighted by Crippen LogP contribution is -2.32. The second kappa shape index (κ2) is 5.83. The molecule has 2 unspecified atom stereocenters. The molecule has 1 saturated heterocycles. The summed E-state index contributed by atoms with van der Waals surface area (Å²) in [5.74, 6) is 0.734. The first-order valence-corrected chi connectivity index (χ1v) is 7.93. The molecule has 2 nitrogen and oxygen atoms in total. The van der Waals surface area contributed by atoms with E-state index in [2.05, 4.69) is 58.5 Å². The third-order valence-electron chi connectivity index (χ3n) is 3.48. The Hall–Kier alpha value is 0.100. The average molecular weight is 317 g/mol. The highest BCUT2D eigenvalue weighted by Crippen LogP contribution is 2.41. The van der Waals surface area contributed by atoms with Crippen LogP contribution in [0.2, 0.25) is 0 Å². The van der Waals surface area contributed by atoms with Crippen LogP contribution in [0.15, 0.2) is 15.9 Å². The lowest BCUT2D eigenvalue weighted by atomic mass is 9.99. The Morgan fingerprint density at radius 2 is 2.35 bits per heavy atom. The van der Waals surface area contributed by atoms with Crippen LogP contribution < -0.4 is 5.32 Å². The van der Waals surface area contributed by atoms with Crippen molar-refractivity contribution in [1.82, 2.24) is 10.2 Å². The molecule has 0 aliphatic carbocycles. The fraction of sp³-hybridized carbons (Fsp3) is 0.692. The number of likely N-dealkylation sites (tertiary alicyclic amines) is 1. The molecule has 1 aliphatic heterocycles. The van der Waals surface area contributed by atoms with Gasteiger partial charge in [-0.05, 0) is 53.3 Å². The standard InChI is InChI=1S/C13H21BrN2S/c1-9(2)15-8-10-4-6-16(3)12(10)13-11(14)5-7-17-13/h5,7,9-10,12,15H,4,6,8H2,1-3H3. The van der Waals surface area contributed by atoms with Crippen molar-refractivity contribution in [2.75, 3.05) is 20.1 Å². The Bertz CT molecular complexity index is 364. The summed E-state index contributed by atoms with van der Waals surface area (Å²) in [5.41, 5.74) is 0. The summed E-state index contributed by atoms with van der Waals surface area (Å²) in [6.07, 6.45) is 1.30. The summed E-state index contributed by atoms with van der Waals surface area (Å²) in [5, 5.41) is 5.76. The fourth-order valence-corrected chi connectivity index (χ4v) is 4.42. The van der Waals surface area contributed by atoms with Gasteiger partial charge in [-0.15, -0.1) is 11.3 Å². The van der Waals surface area contributed by atoms with Crippen molar-refractivity contribution in [2.24, 2.45) is 5.92 Å². The minimum atomic E-state index is 0.577. The molecule has 17 heavy (non-hydrogen) atoms. The van der Waals surface area contributed by atoms with Crippen molar-refractivity contribution in [3.63, 3.8) is 0 Å². The molecule has 1 aromatic rings. The molecule has 2 heterocycles. The van der Waals surface area contributed by atoms with Gasteiger partial charge in [0.25, 0.3) is 0 Å². The SMILES string of the molecule is CC(C)NCC1CCN(C)C1c1sccc1Br. The summed E-state index contributed by atoms with van der Waals surface area (Å²) >= 11 is 5.55. The molecule has 0 radical (unpaired) electrons. The fourth-order valence-electron chi connectivity index (χ4n) is 2.56. The van der Waals surface area contributed by atoms with E-state index in [1.165, 1.54) is 22.3 Å². The molecule has 0 aromatic carbocycles. The maximum atomic E-state index is 3.67. The molecular weight excluding hydrogens is 296 g/mol. The predicted molar refractivity (Wildman–Crippen MR) is 78.6 cm³/mol. The van der Waals surface area contributed by atoms with Gasteiger partial charge in [-0.2, -0.15) is 0 Å². The minimum Gasteiger partial charge on any atom is -0.314 e. The third kappa shape index (κ3) is 3.11. The maximum absolute atomic E-state index is 3.67. The molecule has 0 amide bonds. The van der Waals surface area contributed by atoms with E-state index < -0.39 is 0 Å². The highest BCUT2D eigenvalue weighted by molar-refractivity contribution is 9.10. The molecule has 4 heteroatoms. The summed E-state index contributed by atoms with van der Waals surface area (Å²) < 4.78 is 1.27. The largest absolute Gasteiger partial charge is 0.314 e. The lowest BCUT2D eigenvalue weighted by Gasteiger charge is -2.25. The van der Waals surface area contributed by atoms with Crippen LogP contribution in [0.5, 0.6) is 0 Å². The first-order chi connectivity index (χ1) is 8.09. The average Bonchev–Trinajstić information content (AvgIpc) is 2.82. The zero-order valence-electron chi connectivity index (χ0n) is 10.7. The minimum absolute atomic E-state index is 0.577. The number of thiophene rings is 1. The second-order valence-corrected chi connectivity index (χ2v) is 6.97. The van der Waals surface area contributed by atoms with Crippen LogP contribution in [0.3, 0.4) is 0 Å². The van der Waals surface area contributed by atoms with Crippen molar-refractivity contribution in [1.29, 1.82) is 0 Å². The number of rotatable bonds is 4. The Balaban J connectivity index is 2.09. The van der Waals surface area contributed by atoms with E-state index in [1.54, 1.807) is 0 Å². The summed E-state index contributed by atoms with van der Waals surface area (Å²) in [4.78, 5) is 3.98. The van der Waals surface area contributed by atoms with Gasteiger partial charge in [0.15, 0.2) is 0 Å². The van der Waals surface area contributed by atoms with Crippen LogP contribution in [0, 0.1) is 5.92 Å². The monoisotopic (exact) mass is 316 g/mol. The van der Waals surface area contributed by atoms with Crippen molar-refractivity contribution in [3.8, 4) is 0 Å². The maximum Gasteiger partial charge on any atom is 0.0490 e. The van der Waals surface area contributed by atoms with Crippen molar-refractivity contribution < 1.29 is 0 Å². The van der Waals surface area contributed by atoms with E-state index in [-0.39, 0.29) is 0 Å². The highest BCUT2D eigenvalue weighted by Gasteiger charge is 2.34. The lowest BCUT2D eigenvalue weighted by molar-refractivity contribution is 0.273. The Kier molecular flexibility index (Phi) is 4.64. The van der Waals surface area contributed by atoms with E-state index in [1.807, 2.05) is 11.3 Å². The van der Waals surface area contributed by atoms with Crippen LogP contribution in [-0.2, 0) is 0 Å². The van der Waals surface area contributed by atoms with Crippen molar-refractivity contribution in [3.05, 3.63) is 20.8 Å². The quantitative estimate of drug-likeness (QED) is 0.914. The van der Waals surface area contributed by atoms with Gasteiger partial charge in [-0.3, -0.25) is 4.90 Å². The smallest absolute Gasteiger partial charge is 0.0490 e. The number of hydrogen-bond donors (Lipinski definition) is 1. The summed E-state index contributed by atoms with van der Waals surface area (Å²) in [6, 6.07) is 3.32. The van der Waals surface area contributed by atoms with E-state index in [9.17, 15) is 0 Å². The molecule has 96 valence electrons. The third-order valence-corrected chi connectivity index (χ3v) is 5.42. The zero-order chi connectivity index (χ0) is 12.4. The predicted octanol–water partition coefficient (Wildman–Crippen LogP) is 3.50. The van der Waals surface area contributed by atoms with E-state index in [4.69, 9.17) is 0 Å². The van der Waals surface area contributed by atoms with Crippen LogP contribution in [0.4, 0.5) is 0 Å². The number of halogens is 1. The molecule has 1 fully saturated rings. The molecular formula is C13H21BrN2S. The van der Waals surface area contributed by atoms with Crippen LogP contribution >= 0.6 is 27.3 Å². The number of hydrogen-bond acceptors (Lipinski definition) is 3. The molecule has 0 saturated carbocycles. The Labute approximate surface area is 117 Å².